The van der Waals surface area contributed by atoms with Crippen molar-refractivity contribution < 1.29 is 19.1 Å². The topological polar surface area (TPSA) is 71.1 Å². The zero-order valence-corrected chi connectivity index (χ0v) is 12.7. The second-order valence-electron chi connectivity index (χ2n) is 5.48. The van der Waals surface area contributed by atoms with E-state index in [1.165, 1.54) is 0 Å². The van der Waals surface area contributed by atoms with Crippen molar-refractivity contribution >= 4 is 11.8 Å². The largest absolute Gasteiger partial charge is 0.383 e. The molecule has 0 bridgehead atoms. The maximum absolute atomic E-state index is 12.1. The molecule has 21 heavy (non-hydrogen) atoms. The Bertz CT molecular complexity index is 358. The third-order valence-electron chi connectivity index (χ3n) is 3.98. The van der Waals surface area contributed by atoms with Crippen molar-refractivity contribution in [2.24, 2.45) is 5.92 Å². The molecule has 7 heteroatoms. The molecule has 0 radical (unpaired) electrons. The number of hydrogen-bond donors (Lipinski definition) is 1. The molecule has 2 rings (SSSR count). The molecule has 120 valence electrons. The van der Waals surface area contributed by atoms with E-state index in [1.54, 1.807) is 12.0 Å². The molecule has 2 amide bonds. The van der Waals surface area contributed by atoms with Crippen molar-refractivity contribution in [2.75, 3.05) is 66.2 Å². The second-order valence-corrected chi connectivity index (χ2v) is 5.48. The van der Waals surface area contributed by atoms with E-state index < -0.39 is 0 Å². The van der Waals surface area contributed by atoms with E-state index in [4.69, 9.17) is 9.47 Å². The van der Waals surface area contributed by atoms with E-state index >= 15 is 0 Å². The first-order valence-electron chi connectivity index (χ1n) is 7.55. The van der Waals surface area contributed by atoms with Gasteiger partial charge in [-0.25, -0.2) is 0 Å². The van der Waals surface area contributed by atoms with Gasteiger partial charge < -0.3 is 19.7 Å². The van der Waals surface area contributed by atoms with Crippen molar-refractivity contribution in [1.82, 2.24) is 15.1 Å². The fraction of sp³-hybridized carbons (Fsp3) is 0.857. The molecule has 1 N–H and O–H groups in total. The Labute approximate surface area is 125 Å². The molecule has 2 saturated heterocycles. The lowest BCUT2D eigenvalue weighted by Gasteiger charge is -2.26. The summed E-state index contributed by atoms with van der Waals surface area (Å²) in [6.45, 7) is 6.41. The van der Waals surface area contributed by atoms with Crippen LogP contribution in [0.5, 0.6) is 0 Å². The van der Waals surface area contributed by atoms with E-state index in [9.17, 15) is 9.59 Å². The number of nitrogens with one attached hydrogen (secondary N) is 1. The molecule has 0 aliphatic carbocycles. The number of carbonyl (C=O) groups is 2. The predicted molar refractivity (Wildman–Crippen MR) is 76.8 cm³/mol. The molecule has 0 aromatic rings. The van der Waals surface area contributed by atoms with Crippen LogP contribution < -0.4 is 5.32 Å². The fourth-order valence-corrected chi connectivity index (χ4v) is 2.67. The third-order valence-corrected chi connectivity index (χ3v) is 3.98. The minimum Gasteiger partial charge on any atom is -0.383 e. The highest BCUT2D eigenvalue weighted by Crippen LogP contribution is 2.17. The van der Waals surface area contributed by atoms with Gasteiger partial charge >= 0.3 is 0 Å². The Kier molecular flexibility index (Phi) is 6.41. The standard InChI is InChI=1S/C14H25N3O4/c1-20-7-6-17-11-12(10-13(17)18)14(19)15-2-3-16-4-8-21-9-5-16/h12H,2-11H2,1H3,(H,15,19). The van der Waals surface area contributed by atoms with Crippen LogP contribution in [-0.4, -0.2) is 87.8 Å². The SMILES string of the molecule is COCCN1CC(C(=O)NCCN2CCOCC2)CC1=O. The highest BCUT2D eigenvalue weighted by Gasteiger charge is 2.33. The molecule has 2 heterocycles. The van der Waals surface area contributed by atoms with Gasteiger partial charge in [-0.1, -0.05) is 0 Å². The summed E-state index contributed by atoms with van der Waals surface area (Å²) in [4.78, 5) is 27.8. The van der Waals surface area contributed by atoms with Crippen LogP contribution in [-0.2, 0) is 19.1 Å². The number of nitrogens with zero attached hydrogens (tertiary/aromatic N) is 2. The quantitative estimate of drug-likeness (QED) is 0.648. The Morgan fingerprint density at radius 2 is 2.14 bits per heavy atom. The van der Waals surface area contributed by atoms with Crippen LogP contribution in [0, 0.1) is 5.92 Å². The average molecular weight is 299 g/mol. The lowest BCUT2D eigenvalue weighted by molar-refractivity contribution is -0.129. The number of rotatable bonds is 7. The number of hydrogen-bond acceptors (Lipinski definition) is 5. The lowest BCUT2D eigenvalue weighted by Crippen LogP contribution is -2.42. The smallest absolute Gasteiger partial charge is 0.225 e. The van der Waals surface area contributed by atoms with Gasteiger partial charge in [0.2, 0.25) is 11.8 Å². The van der Waals surface area contributed by atoms with Crippen LogP contribution in [0.15, 0.2) is 0 Å². The van der Waals surface area contributed by atoms with Crippen molar-refractivity contribution in [3.8, 4) is 0 Å². The molecular weight excluding hydrogens is 274 g/mol. The van der Waals surface area contributed by atoms with E-state index in [2.05, 4.69) is 10.2 Å². The second kappa shape index (κ2) is 8.31. The number of ether oxygens (including phenoxy) is 2. The number of morpholine rings is 1. The molecule has 2 aliphatic rings. The maximum atomic E-state index is 12.1. The molecule has 0 spiro atoms. The Balaban J connectivity index is 1.65. The van der Waals surface area contributed by atoms with Crippen LogP contribution >= 0.6 is 0 Å². The highest BCUT2D eigenvalue weighted by atomic mass is 16.5. The highest BCUT2D eigenvalue weighted by molar-refractivity contribution is 5.89. The maximum Gasteiger partial charge on any atom is 0.225 e. The minimum atomic E-state index is -0.223. The van der Waals surface area contributed by atoms with Gasteiger partial charge in [0.25, 0.3) is 0 Å². The van der Waals surface area contributed by atoms with Crippen molar-refractivity contribution in [3.63, 3.8) is 0 Å². The van der Waals surface area contributed by atoms with Gasteiger partial charge in [-0.15, -0.1) is 0 Å². The molecule has 0 saturated carbocycles. The average Bonchev–Trinajstić information content (AvgIpc) is 2.87. The molecule has 1 unspecified atom stereocenters. The predicted octanol–water partition coefficient (Wildman–Crippen LogP) is -1.07. The zero-order valence-electron chi connectivity index (χ0n) is 12.7. The van der Waals surface area contributed by atoms with E-state index in [0.717, 1.165) is 32.8 Å². The summed E-state index contributed by atoms with van der Waals surface area (Å²) in [6, 6.07) is 0. The molecular formula is C14H25N3O4. The van der Waals surface area contributed by atoms with Gasteiger partial charge in [0.15, 0.2) is 0 Å². The fourth-order valence-electron chi connectivity index (χ4n) is 2.67. The first kappa shape index (κ1) is 16.2. The zero-order chi connectivity index (χ0) is 15.1. The Morgan fingerprint density at radius 1 is 1.38 bits per heavy atom. The van der Waals surface area contributed by atoms with E-state index in [1.807, 2.05) is 0 Å². The van der Waals surface area contributed by atoms with Gasteiger partial charge in [-0.05, 0) is 0 Å². The van der Waals surface area contributed by atoms with Crippen molar-refractivity contribution in [2.45, 2.75) is 6.42 Å². The Morgan fingerprint density at radius 3 is 2.86 bits per heavy atom. The van der Waals surface area contributed by atoms with Crippen LogP contribution in [0.25, 0.3) is 0 Å². The first-order valence-corrected chi connectivity index (χ1v) is 7.55. The summed E-state index contributed by atoms with van der Waals surface area (Å²) in [5.41, 5.74) is 0. The summed E-state index contributed by atoms with van der Waals surface area (Å²) >= 11 is 0. The van der Waals surface area contributed by atoms with Gasteiger partial charge in [0.1, 0.15) is 0 Å². The van der Waals surface area contributed by atoms with Crippen LogP contribution in [0.3, 0.4) is 0 Å². The molecule has 2 fully saturated rings. The molecule has 2 aliphatic heterocycles. The molecule has 0 aromatic carbocycles. The summed E-state index contributed by atoms with van der Waals surface area (Å²) in [5, 5.41) is 2.94. The summed E-state index contributed by atoms with van der Waals surface area (Å²) in [5.74, 6) is -0.198. The molecule has 1 atom stereocenters. The number of methoxy groups -OCH3 is 1. The van der Waals surface area contributed by atoms with Gasteiger partial charge in [0, 0.05) is 52.8 Å². The van der Waals surface area contributed by atoms with Crippen LogP contribution in [0.2, 0.25) is 0 Å². The van der Waals surface area contributed by atoms with Gasteiger partial charge in [-0.3, -0.25) is 14.5 Å². The molecule has 7 nitrogen and oxygen atoms in total. The third kappa shape index (κ3) is 4.94. The minimum absolute atomic E-state index is 0.0171. The summed E-state index contributed by atoms with van der Waals surface area (Å²) < 4.78 is 10.3. The molecule has 0 aromatic heterocycles. The van der Waals surface area contributed by atoms with Crippen LogP contribution in [0.1, 0.15) is 6.42 Å². The lowest BCUT2D eigenvalue weighted by atomic mass is 10.1. The number of likely N-dealkylation sites (tertiary alicyclic amines) is 1. The summed E-state index contributed by atoms with van der Waals surface area (Å²) in [6.07, 6.45) is 0.313. The summed E-state index contributed by atoms with van der Waals surface area (Å²) in [7, 11) is 1.61. The Hall–Kier alpha value is -1.18. The van der Waals surface area contributed by atoms with Gasteiger partial charge in [-0.2, -0.15) is 0 Å². The van der Waals surface area contributed by atoms with Crippen molar-refractivity contribution in [1.29, 1.82) is 0 Å². The van der Waals surface area contributed by atoms with E-state index in [0.29, 0.717) is 32.7 Å². The number of carbonyl (C=O) groups excluding carboxylic acids is 2. The first-order chi connectivity index (χ1) is 10.2. The van der Waals surface area contributed by atoms with Crippen molar-refractivity contribution in [3.05, 3.63) is 0 Å². The monoisotopic (exact) mass is 299 g/mol. The van der Waals surface area contributed by atoms with Gasteiger partial charge in [0.05, 0.1) is 25.7 Å². The van der Waals surface area contributed by atoms with Crippen LogP contribution in [0.4, 0.5) is 0 Å². The number of amides is 2. The normalized spacial score (nSPS) is 23.6. The van der Waals surface area contributed by atoms with E-state index in [-0.39, 0.29) is 17.7 Å².